The summed E-state index contributed by atoms with van der Waals surface area (Å²) >= 11 is 1.18. The van der Waals surface area contributed by atoms with Crippen molar-refractivity contribution in [1.29, 1.82) is 5.26 Å². The molecule has 1 amide bonds. The highest BCUT2D eigenvalue weighted by Gasteiger charge is 2.09. The second kappa shape index (κ2) is 7.57. The second-order valence-electron chi connectivity index (χ2n) is 4.45. The molecule has 6 heteroatoms. The van der Waals surface area contributed by atoms with Gasteiger partial charge in [0.2, 0.25) is 5.91 Å². The van der Waals surface area contributed by atoms with E-state index in [0.717, 1.165) is 6.07 Å². The summed E-state index contributed by atoms with van der Waals surface area (Å²) in [6.45, 7) is 0. The third-order valence-electron chi connectivity index (χ3n) is 2.80. The van der Waals surface area contributed by atoms with Crippen molar-refractivity contribution in [3.8, 4) is 6.07 Å². The van der Waals surface area contributed by atoms with Gasteiger partial charge in [0.05, 0.1) is 17.4 Å². The molecule has 22 heavy (non-hydrogen) atoms. The Bertz CT molecular complexity index is 728. The number of carbonyl (C=O) groups is 1. The Morgan fingerprint density at radius 1 is 1.23 bits per heavy atom. The molecule has 0 heterocycles. The number of amides is 1. The lowest BCUT2D eigenvalue weighted by molar-refractivity contribution is -0.113. The van der Waals surface area contributed by atoms with Crippen molar-refractivity contribution >= 4 is 23.4 Å². The van der Waals surface area contributed by atoms with Crippen molar-refractivity contribution < 1.29 is 13.6 Å². The summed E-state index contributed by atoms with van der Waals surface area (Å²) < 4.78 is 26.5. The summed E-state index contributed by atoms with van der Waals surface area (Å²) in [5.74, 6) is -1.73. The van der Waals surface area contributed by atoms with Crippen LogP contribution in [0, 0.1) is 23.0 Å². The van der Waals surface area contributed by atoms with Gasteiger partial charge in [0.15, 0.2) is 11.6 Å². The minimum absolute atomic E-state index is 0.104. The van der Waals surface area contributed by atoms with E-state index in [9.17, 15) is 13.6 Å². The van der Waals surface area contributed by atoms with Crippen LogP contribution in [0.5, 0.6) is 0 Å². The van der Waals surface area contributed by atoms with Gasteiger partial charge in [0.25, 0.3) is 0 Å². The molecule has 0 spiro atoms. The molecule has 0 saturated heterocycles. The quantitative estimate of drug-likeness (QED) is 0.914. The molecule has 0 unspecified atom stereocenters. The maximum absolute atomic E-state index is 13.4. The number of carbonyl (C=O) groups excluding carboxylic acids is 1. The molecule has 2 aromatic carbocycles. The Kier molecular flexibility index (Phi) is 5.50. The lowest BCUT2D eigenvalue weighted by Crippen LogP contribution is -2.14. The first-order chi connectivity index (χ1) is 10.6. The van der Waals surface area contributed by atoms with Gasteiger partial charge in [-0.25, -0.2) is 8.78 Å². The fourth-order valence-corrected chi connectivity index (χ4v) is 2.58. The highest BCUT2D eigenvalue weighted by atomic mass is 32.2. The van der Waals surface area contributed by atoms with Crippen LogP contribution in [0.25, 0.3) is 0 Å². The van der Waals surface area contributed by atoms with Gasteiger partial charge in [-0.3, -0.25) is 4.79 Å². The minimum Gasteiger partial charge on any atom is -0.325 e. The van der Waals surface area contributed by atoms with Crippen molar-refractivity contribution in [3.63, 3.8) is 0 Å². The van der Waals surface area contributed by atoms with Crippen LogP contribution in [0.4, 0.5) is 14.5 Å². The van der Waals surface area contributed by atoms with E-state index < -0.39 is 11.6 Å². The third kappa shape index (κ3) is 4.30. The molecule has 112 valence electrons. The summed E-state index contributed by atoms with van der Waals surface area (Å²) in [6, 6.07) is 12.5. The largest absolute Gasteiger partial charge is 0.325 e. The standard InChI is InChI=1S/C16H12F2N2OS/c17-14-6-2-4-12(16(14)18)9-22-10-15(21)20-13-5-1-3-11(7-13)8-19/h1-7H,9-10H2,(H,20,21). The Labute approximate surface area is 131 Å². The highest BCUT2D eigenvalue weighted by molar-refractivity contribution is 7.99. The van der Waals surface area contributed by atoms with Gasteiger partial charge in [-0.1, -0.05) is 18.2 Å². The summed E-state index contributed by atoms with van der Waals surface area (Å²) in [5.41, 5.74) is 1.21. The Balaban J connectivity index is 1.85. The monoisotopic (exact) mass is 318 g/mol. The molecule has 0 radical (unpaired) electrons. The predicted molar refractivity (Wildman–Crippen MR) is 82.3 cm³/mol. The normalized spacial score (nSPS) is 10.0. The lowest BCUT2D eigenvalue weighted by atomic mass is 10.2. The van der Waals surface area contributed by atoms with E-state index in [1.807, 2.05) is 6.07 Å². The Hall–Kier alpha value is -2.39. The molecule has 0 aromatic heterocycles. The molecule has 0 aliphatic carbocycles. The van der Waals surface area contributed by atoms with Gasteiger partial charge >= 0.3 is 0 Å². The number of hydrogen-bond donors (Lipinski definition) is 1. The van der Waals surface area contributed by atoms with Gasteiger partial charge < -0.3 is 5.32 Å². The van der Waals surface area contributed by atoms with E-state index in [4.69, 9.17) is 5.26 Å². The van der Waals surface area contributed by atoms with Gasteiger partial charge in [-0.05, 0) is 24.3 Å². The van der Waals surface area contributed by atoms with Crippen LogP contribution in [0.2, 0.25) is 0 Å². The zero-order chi connectivity index (χ0) is 15.9. The van der Waals surface area contributed by atoms with Crippen LogP contribution in [0.3, 0.4) is 0 Å². The predicted octanol–water partition coefficient (Wildman–Crippen LogP) is 3.71. The average molecular weight is 318 g/mol. The number of thioether (sulfide) groups is 1. The zero-order valence-electron chi connectivity index (χ0n) is 11.5. The molecular weight excluding hydrogens is 306 g/mol. The Morgan fingerprint density at radius 3 is 2.77 bits per heavy atom. The van der Waals surface area contributed by atoms with Crippen LogP contribution in [0.15, 0.2) is 42.5 Å². The van der Waals surface area contributed by atoms with Crippen LogP contribution in [-0.4, -0.2) is 11.7 Å². The topological polar surface area (TPSA) is 52.9 Å². The van der Waals surface area contributed by atoms with E-state index in [1.54, 1.807) is 24.3 Å². The first-order valence-electron chi connectivity index (χ1n) is 6.41. The number of nitrogens with one attached hydrogen (secondary N) is 1. The fraction of sp³-hybridized carbons (Fsp3) is 0.125. The molecule has 1 N–H and O–H groups in total. The summed E-state index contributed by atoms with van der Waals surface area (Å²) in [6.07, 6.45) is 0. The molecule has 3 nitrogen and oxygen atoms in total. The van der Waals surface area contributed by atoms with Gasteiger partial charge in [-0.15, -0.1) is 11.8 Å². The number of anilines is 1. The van der Waals surface area contributed by atoms with Crippen molar-refractivity contribution in [2.24, 2.45) is 0 Å². The number of benzene rings is 2. The first kappa shape index (κ1) is 16.0. The lowest BCUT2D eigenvalue weighted by Gasteiger charge is -2.06. The highest BCUT2D eigenvalue weighted by Crippen LogP contribution is 2.18. The van der Waals surface area contributed by atoms with Crippen molar-refractivity contribution in [2.75, 3.05) is 11.1 Å². The van der Waals surface area contributed by atoms with E-state index in [-0.39, 0.29) is 23.0 Å². The number of hydrogen-bond acceptors (Lipinski definition) is 3. The first-order valence-corrected chi connectivity index (χ1v) is 7.56. The van der Waals surface area contributed by atoms with Crippen molar-refractivity contribution in [2.45, 2.75) is 5.75 Å². The van der Waals surface area contributed by atoms with E-state index in [0.29, 0.717) is 11.3 Å². The molecule has 0 saturated carbocycles. The van der Waals surface area contributed by atoms with Gasteiger partial charge in [0.1, 0.15) is 0 Å². The number of rotatable bonds is 5. The van der Waals surface area contributed by atoms with E-state index in [1.165, 1.54) is 23.9 Å². The van der Waals surface area contributed by atoms with Crippen LogP contribution >= 0.6 is 11.8 Å². The van der Waals surface area contributed by atoms with Crippen LogP contribution in [0.1, 0.15) is 11.1 Å². The molecule has 0 aliphatic rings. The molecule has 0 bridgehead atoms. The average Bonchev–Trinajstić information content (AvgIpc) is 2.51. The van der Waals surface area contributed by atoms with E-state index in [2.05, 4.69) is 5.32 Å². The van der Waals surface area contributed by atoms with Gasteiger partial charge in [-0.2, -0.15) is 5.26 Å². The molecule has 0 aliphatic heterocycles. The van der Waals surface area contributed by atoms with E-state index >= 15 is 0 Å². The van der Waals surface area contributed by atoms with Crippen molar-refractivity contribution in [1.82, 2.24) is 0 Å². The molecule has 0 atom stereocenters. The summed E-state index contributed by atoms with van der Waals surface area (Å²) in [5, 5.41) is 11.4. The summed E-state index contributed by atoms with van der Waals surface area (Å²) in [7, 11) is 0. The number of nitrogens with zero attached hydrogens (tertiary/aromatic N) is 1. The molecular formula is C16H12F2N2OS. The smallest absolute Gasteiger partial charge is 0.234 e. The maximum Gasteiger partial charge on any atom is 0.234 e. The van der Waals surface area contributed by atoms with Crippen molar-refractivity contribution in [3.05, 3.63) is 65.2 Å². The fourth-order valence-electron chi connectivity index (χ4n) is 1.78. The molecule has 0 fully saturated rings. The van der Waals surface area contributed by atoms with Crippen LogP contribution in [-0.2, 0) is 10.5 Å². The van der Waals surface area contributed by atoms with Gasteiger partial charge in [0, 0.05) is 17.0 Å². The Morgan fingerprint density at radius 2 is 2.00 bits per heavy atom. The number of halogens is 2. The third-order valence-corrected chi connectivity index (χ3v) is 3.78. The zero-order valence-corrected chi connectivity index (χ0v) is 12.3. The number of nitriles is 1. The maximum atomic E-state index is 13.4. The molecule has 2 aromatic rings. The minimum atomic E-state index is -0.893. The van der Waals surface area contributed by atoms with Crippen LogP contribution < -0.4 is 5.32 Å². The summed E-state index contributed by atoms with van der Waals surface area (Å²) in [4.78, 5) is 11.8. The molecule has 2 rings (SSSR count). The SMILES string of the molecule is N#Cc1cccc(NC(=O)CSCc2cccc(F)c2F)c1. The second-order valence-corrected chi connectivity index (χ2v) is 5.43.